The maximum Gasteiger partial charge on any atom is 0.122 e. The van der Waals surface area contributed by atoms with Gasteiger partial charge in [-0.1, -0.05) is 29.3 Å². The molecule has 0 saturated heterocycles. The van der Waals surface area contributed by atoms with Crippen LogP contribution in [-0.2, 0) is 6.54 Å². The van der Waals surface area contributed by atoms with E-state index in [9.17, 15) is 5.26 Å². The van der Waals surface area contributed by atoms with Crippen LogP contribution in [0.4, 0.5) is 5.82 Å². The summed E-state index contributed by atoms with van der Waals surface area (Å²) in [6.45, 7) is 0.192. The number of hydrogen-bond donors (Lipinski definition) is 2. The molecule has 0 fully saturated rings. The fourth-order valence-corrected chi connectivity index (χ4v) is 2.58. The molecule has 0 atom stereocenters. The molecule has 0 aromatic carbocycles. The van der Waals surface area contributed by atoms with E-state index < -0.39 is 0 Å². The molecule has 0 bridgehead atoms. The van der Waals surface area contributed by atoms with Crippen LogP contribution < -0.4 is 5.73 Å². The summed E-state index contributed by atoms with van der Waals surface area (Å²) in [5.41, 5.74) is 7.17. The average Bonchev–Trinajstić information content (AvgIpc) is 2.80. The first-order chi connectivity index (χ1) is 10.1. The highest BCUT2D eigenvalue weighted by Gasteiger charge is 2.15. The van der Waals surface area contributed by atoms with E-state index in [4.69, 9.17) is 34.0 Å². The first-order valence-electron chi connectivity index (χ1n) is 6.38. The highest BCUT2D eigenvalue weighted by atomic mass is 35.5. The zero-order chi connectivity index (χ0) is 15.4. The third kappa shape index (κ3) is 3.48. The van der Waals surface area contributed by atoms with Crippen LogP contribution in [0.3, 0.4) is 0 Å². The smallest absolute Gasteiger partial charge is 0.122 e. The van der Waals surface area contributed by atoms with E-state index in [2.05, 4.69) is 11.2 Å². The van der Waals surface area contributed by atoms with Crippen molar-refractivity contribution in [3.05, 3.63) is 39.6 Å². The van der Waals surface area contributed by atoms with E-state index in [1.54, 1.807) is 12.1 Å². The lowest BCUT2D eigenvalue weighted by Crippen LogP contribution is -2.07. The molecule has 1 aliphatic carbocycles. The van der Waals surface area contributed by atoms with E-state index in [0.29, 0.717) is 39.1 Å². The van der Waals surface area contributed by atoms with Crippen molar-refractivity contribution >= 4 is 34.6 Å². The van der Waals surface area contributed by atoms with Gasteiger partial charge < -0.3 is 10.8 Å². The Morgan fingerprint density at radius 2 is 2.33 bits per heavy atom. The second kappa shape index (κ2) is 6.81. The molecule has 110 valence electrons. The van der Waals surface area contributed by atoms with Gasteiger partial charge in [-0.2, -0.15) is 10.4 Å². The molecule has 2 rings (SSSR count). The number of hydrogen-bond acceptors (Lipinski definition) is 4. The number of nitrogens with zero attached hydrogens (tertiary/aromatic N) is 3. The van der Waals surface area contributed by atoms with Gasteiger partial charge in [-0.25, -0.2) is 4.68 Å². The number of nitrogen functional groups attached to an aromatic ring is 1. The summed E-state index contributed by atoms with van der Waals surface area (Å²) in [4.78, 5) is 0. The molecule has 3 N–H and O–H groups in total. The maximum atomic E-state index is 9.33. The normalized spacial score (nSPS) is 15.9. The molecule has 21 heavy (non-hydrogen) atoms. The van der Waals surface area contributed by atoms with Crippen LogP contribution in [0.5, 0.6) is 0 Å². The van der Waals surface area contributed by atoms with Crippen molar-refractivity contribution in [2.75, 3.05) is 12.3 Å². The van der Waals surface area contributed by atoms with Crippen molar-refractivity contribution in [3.63, 3.8) is 0 Å². The largest absolute Gasteiger partial charge is 0.394 e. The molecule has 1 aromatic heterocycles. The summed E-state index contributed by atoms with van der Waals surface area (Å²) in [5.74, 6) is 0.380. The van der Waals surface area contributed by atoms with E-state index in [0.717, 1.165) is 6.42 Å². The zero-order valence-electron chi connectivity index (χ0n) is 11.2. The Balaban J connectivity index is 2.41. The van der Waals surface area contributed by atoms with E-state index in [1.807, 2.05) is 6.08 Å². The van der Waals surface area contributed by atoms with Gasteiger partial charge in [-0.05, 0) is 18.9 Å². The highest BCUT2D eigenvalue weighted by molar-refractivity contribution is 6.36. The van der Waals surface area contributed by atoms with Crippen molar-refractivity contribution in [1.29, 1.82) is 5.26 Å². The number of nitriles is 1. The minimum atomic E-state index is -0.0809. The van der Waals surface area contributed by atoms with Gasteiger partial charge in [0.05, 0.1) is 18.7 Å². The van der Waals surface area contributed by atoms with Crippen LogP contribution >= 0.6 is 23.2 Å². The van der Waals surface area contributed by atoms with Gasteiger partial charge in [0.25, 0.3) is 0 Å². The van der Waals surface area contributed by atoms with Crippen molar-refractivity contribution in [3.8, 4) is 6.07 Å². The Kier molecular flexibility index (Phi) is 5.07. The van der Waals surface area contributed by atoms with Gasteiger partial charge in [-0.15, -0.1) is 0 Å². The molecule has 0 saturated carbocycles. The number of rotatable bonds is 4. The molecule has 0 unspecified atom stereocenters. The molecule has 0 spiro atoms. The fourth-order valence-electron chi connectivity index (χ4n) is 1.99. The predicted octanol–water partition coefficient (Wildman–Crippen LogP) is 2.77. The van der Waals surface area contributed by atoms with Crippen molar-refractivity contribution < 1.29 is 5.11 Å². The number of aliphatic hydroxyl groups excluding tert-OH is 1. The lowest BCUT2D eigenvalue weighted by molar-refractivity contribution is 0.270. The highest BCUT2D eigenvalue weighted by Crippen LogP contribution is 2.33. The lowest BCUT2D eigenvalue weighted by Gasteiger charge is -2.11. The van der Waals surface area contributed by atoms with E-state index in [-0.39, 0.29) is 13.2 Å². The molecule has 7 heteroatoms. The molecular weight excluding hydrogens is 311 g/mol. The van der Waals surface area contributed by atoms with Crippen LogP contribution in [0.2, 0.25) is 0 Å². The quantitative estimate of drug-likeness (QED) is 0.833. The van der Waals surface area contributed by atoms with Crippen molar-refractivity contribution in [2.45, 2.75) is 19.4 Å². The van der Waals surface area contributed by atoms with Crippen LogP contribution in [0, 0.1) is 11.3 Å². The molecule has 0 amide bonds. The number of nitrogens with two attached hydrogens (primary N) is 1. The fraction of sp³-hybridized carbons (Fsp3) is 0.286. The number of halogens is 2. The minimum absolute atomic E-state index is 0.0809. The number of aromatic nitrogens is 2. The van der Waals surface area contributed by atoms with Gasteiger partial charge in [0.15, 0.2) is 0 Å². The summed E-state index contributed by atoms with van der Waals surface area (Å²) in [6, 6.07) is 3.66. The van der Waals surface area contributed by atoms with Gasteiger partial charge >= 0.3 is 0 Å². The predicted molar refractivity (Wildman–Crippen MR) is 83.4 cm³/mol. The van der Waals surface area contributed by atoms with Crippen molar-refractivity contribution in [1.82, 2.24) is 9.78 Å². The topological polar surface area (TPSA) is 87.9 Å². The van der Waals surface area contributed by atoms with E-state index >= 15 is 0 Å². The lowest BCUT2D eigenvalue weighted by atomic mass is 10.0. The molecular formula is C14H14Cl2N4O. The Bertz CT molecular complexity index is 680. The number of anilines is 1. The third-order valence-electron chi connectivity index (χ3n) is 3.04. The minimum Gasteiger partial charge on any atom is -0.394 e. The van der Waals surface area contributed by atoms with Crippen LogP contribution in [-0.4, -0.2) is 21.5 Å². The Morgan fingerprint density at radius 3 is 2.95 bits per heavy atom. The standard InChI is InChI=1S/C14H14Cl2N4O/c15-11-2-1-3-12(16)10(11)6-9(8-17)13-7-14(18)20(19-13)4-5-21/h2,6-7,21H,1,3-5,18H2/b9-6+. The second-order valence-electron chi connectivity index (χ2n) is 4.48. The molecule has 1 heterocycles. The first kappa shape index (κ1) is 15.6. The SMILES string of the molecule is N#C/C(=C\C1=C(Cl)CCC=C1Cl)c1cc(N)n(CCO)n1. The first-order valence-corrected chi connectivity index (χ1v) is 7.13. The van der Waals surface area contributed by atoms with Crippen molar-refractivity contribution in [2.24, 2.45) is 0 Å². The Morgan fingerprint density at radius 1 is 1.57 bits per heavy atom. The summed E-state index contributed by atoms with van der Waals surface area (Å²) >= 11 is 12.3. The Hall–Kier alpha value is -1.74. The number of allylic oxidation sites excluding steroid dienone is 6. The van der Waals surface area contributed by atoms with Crippen LogP contribution in [0.1, 0.15) is 18.5 Å². The monoisotopic (exact) mass is 324 g/mol. The van der Waals surface area contributed by atoms with Gasteiger partial charge in [-0.3, -0.25) is 0 Å². The summed E-state index contributed by atoms with van der Waals surface area (Å²) in [6.07, 6.45) is 4.97. The summed E-state index contributed by atoms with van der Waals surface area (Å²) < 4.78 is 1.44. The van der Waals surface area contributed by atoms with Gasteiger partial charge in [0, 0.05) is 21.7 Å². The Labute approximate surface area is 132 Å². The summed E-state index contributed by atoms with van der Waals surface area (Å²) in [7, 11) is 0. The molecule has 0 aliphatic heterocycles. The average molecular weight is 325 g/mol. The van der Waals surface area contributed by atoms with Gasteiger partial charge in [0.1, 0.15) is 17.6 Å². The number of aliphatic hydroxyl groups is 1. The molecule has 5 nitrogen and oxygen atoms in total. The second-order valence-corrected chi connectivity index (χ2v) is 5.34. The zero-order valence-corrected chi connectivity index (χ0v) is 12.7. The van der Waals surface area contributed by atoms with Crippen LogP contribution in [0.25, 0.3) is 5.57 Å². The van der Waals surface area contributed by atoms with Crippen LogP contribution in [0.15, 0.2) is 33.9 Å². The summed E-state index contributed by atoms with van der Waals surface area (Å²) in [5, 5.41) is 23.6. The van der Waals surface area contributed by atoms with E-state index in [1.165, 1.54) is 4.68 Å². The van der Waals surface area contributed by atoms with Gasteiger partial charge in [0.2, 0.25) is 0 Å². The molecule has 1 aromatic rings. The molecule has 1 aliphatic rings. The third-order valence-corrected chi connectivity index (χ3v) is 3.80. The maximum absolute atomic E-state index is 9.33. The molecule has 0 radical (unpaired) electrons.